The lowest BCUT2D eigenvalue weighted by Crippen LogP contribution is -2.45. The van der Waals surface area contributed by atoms with E-state index in [1.54, 1.807) is 11.6 Å². The fraction of sp³-hybridized carbons (Fsp3) is 0.273. The van der Waals surface area contributed by atoms with E-state index in [0.717, 1.165) is 10.8 Å². The zero-order chi connectivity index (χ0) is 21.7. The maximum Gasteiger partial charge on any atom is 0.405 e. The van der Waals surface area contributed by atoms with Crippen LogP contribution in [0.15, 0.2) is 41.2 Å². The van der Waals surface area contributed by atoms with E-state index in [4.69, 9.17) is 5.11 Å². The molecular weight excluding hydrogens is 400 g/mol. The van der Waals surface area contributed by atoms with Crippen molar-refractivity contribution in [1.82, 2.24) is 15.3 Å². The molecule has 0 saturated heterocycles. The highest BCUT2D eigenvalue weighted by Gasteiger charge is 2.27. The first-order chi connectivity index (χ1) is 14.2. The SMILES string of the molecule is CC(C)(C)CC(NC(=O)O)C(=O)Nc1cc2ccccc2c(C#Cc2cscn2)n1. The van der Waals surface area contributed by atoms with Gasteiger partial charge in [-0.2, -0.15) is 0 Å². The second-order valence-electron chi connectivity index (χ2n) is 7.96. The number of fused-ring (bicyclic) bond motifs is 1. The molecule has 3 aromatic rings. The molecule has 2 heterocycles. The summed E-state index contributed by atoms with van der Waals surface area (Å²) >= 11 is 1.46. The first-order valence-electron chi connectivity index (χ1n) is 9.31. The number of pyridine rings is 1. The Bertz CT molecular complexity index is 1120. The molecule has 154 valence electrons. The number of anilines is 1. The fourth-order valence-corrected chi connectivity index (χ4v) is 3.42. The first-order valence-corrected chi connectivity index (χ1v) is 10.3. The number of carboxylic acid groups (broad SMARTS) is 1. The van der Waals surface area contributed by atoms with Gasteiger partial charge >= 0.3 is 6.09 Å². The molecule has 2 amide bonds. The average Bonchev–Trinajstić information content (AvgIpc) is 3.17. The predicted octanol–water partition coefficient (Wildman–Crippen LogP) is 4.10. The molecule has 0 aliphatic heterocycles. The van der Waals surface area contributed by atoms with Crippen LogP contribution in [0.3, 0.4) is 0 Å². The molecule has 0 aliphatic carbocycles. The summed E-state index contributed by atoms with van der Waals surface area (Å²) in [6, 6.07) is 8.44. The molecule has 7 nitrogen and oxygen atoms in total. The van der Waals surface area contributed by atoms with Crippen LogP contribution in [-0.4, -0.2) is 33.1 Å². The van der Waals surface area contributed by atoms with Crippen LogP contribution in [0.5, 0.6) is 0 Å². The summed E-state index contributed by atoms with van der Waals surface area (Å²) in [7, 11) is 0. The van der Waals surface area contributed by atoms with Gasteiger partial charge in [0, 0.05) is 10.8 Å². The zero-order valence-corrected chi connectivity index (χ0v) is 17.7. The number of hydrogen-bond donors (Lipinski definition) is 3. The molecule has 3 rings (SSSR count). The third-order valence-corrected chi connectivity index (χ3v) is 4.75. The number of hydrogen-bond acceptors (Lipinski definition) is 5. The molecule has 1 aromatic carbocycles. The summed E-state index contributed by atoms with van der Waals surface area (Å²) in [6.45, 7) is 5.83. The summed E-state index contributed by atoms with van der Waals surface area (Å²) < 4.78 is 0. The van der Waals surface area contributed by atoms with Gasteiger partial charge < -0.3 is 15.7 Å². The predicted molar refractivity (Wildman–Crippen MR) is 117 cm³/mol. The van der Waals surface area contributed by atoms with E-state index in [1.165, 1.54) is 11.3 Å². The second kappa shape index (κ2) is 8.93. The molecule has 0 aliphatic rings. The number of benzene rings is 1. The van der Waals surface area contributed by atoms with Gasteiger partial charge in [-0.25, -0.2) is 14.8 Å². The van der Waals surface area contributed by atoms with Crippen molar-refractivity contribution in [2.45, 2.75) is 33.2 Å². The Labute approximate surface area is 178 Å². The van der Waals surface area contributed by atoms with Crippen LogP contribution >= 0.6 is 11.3 Å². The van der Waals surface area contributed by atoms with Gasteiger partial charge in [-0.15, -0.1) is 11.3 Å². The lowest BCUT2D eigenvalue weighted by atomic mass is 9.88. The van der Waals surface area contributed by atoms with Crippen LogP contribution in [0.4, 0.5) is 10.6 Å². The minimum absolute atomic E-state index is 0.245. The van der Waals surface area contributed by atoms with E-state index in [-0.39, 0.29) is 5.41 Å². The Morgan fingerprint density at radius 3 is 2.67 bits per heavy atom. The van der Waals surface area contributed by atoms with Gasteiger partial charge in [-0.3, -0.25) is 4.79 Å². The molecule has 2 aromatic heterocycles. The number of aromatic nitrogens is 2. The van der Waals surface area contributed by atoms with Gasteiger partial charge in [0.05, 0.1) is 5.51 Å². The quantitative estimate of drug-likeness (QED) is 0.549. The lowest BCUT2D eigenvalue weighted by Gasteiger charge is -2.25. The number of carbonyl (C=O) groups excluding carboxylic acids is 1. The third kappa shape index (κ3) is 5.78. The standard InChI is InChI=1S/C22H22N4O3S/c1-22(2,3)11-18(25-21(28)29)20(27)26-19-10-14-6-4-5-7-16(14)17(24-19)9-8-15-12-30-13-23-15/h4-7,10,12-13,18,25H,11H2,1-3H3,(H,28,29)(H,24,26,27). The maximum atomic E-state index is 12.8. The monoisotopic (exact) mass is 422 g/mol. The van der Waals surface area contributed by atoms with Crippen molar-refractivity contribution in [1.29, 1.82) is 0 Å². The summed E-state index contributed by atoms with van der Waals surface area (Å²) in [4.78, 5) is 32.6. The van der Waals surface area contributed by atoms with E-state index in [0.29, 0.717) is 23.6 Å². The Balaban J connectivity index is 1.93. The van der Waals surface area contributed by atoms with Crippen LogP contribution in [0.25, 0.3) is 10.8 Å². The highest BCUT2D eigenvalue weighted by molar-refractivity contribution is 7.07. The number of nitrogens with zero attached hydrogens (tertiary/aromatic N) is 2. The van der Waals surface area contributed by atoms with E-state index >= 15 is 0 Å². The van der Waals surface area contributed by atoms with E-state index < -0.39 is 18.0 Å². The molecule has 0 bridgehead atoms. The normalized spacial score (nSPS) is 12.0. The molecule has 30 heavy (non-hydrogen) atoms. The van der Waals surface area contributed by atoms with Crippen molar-refractivity contribution in [2.24, 2.45) is 5.41 Å². The Hall–Kier alpha value is -3.44. The molecule has 1 atom stereocenters. The number of thiazole rings is 1. The number of amides is 2. The molecule has 0 radical (unpaired) electrons. The Morgan fingerprint density at radius 1 is 1.23 bits per heavy atom. The fourth-order valence-electron chi connectivity index (χ4n) is 2.94. The highest BCUT2D eigenvalue weighted by Crippen LogP contribution is 2.23. The number of nitrogens with one attached hydrogen (secondary N) is 2. The van der Waals surface area contributed by atoms with Gasteiger partial charge in [0.25, 0.3) is 0 Å². The van der Waals surface area contributed by atoms with Crippen molar-refractivity contribution in [3.8, 4) is 11.8 Å². The van der Waals surface area contributed by atoms with Crippen molar-refractivity contribution >= 4 is 39.9 Å². The summed E-state index contributed by atoms with van der Waals surface area (Å²) in [6.07, 6.45) is -0.907. The Morgan fingerprint density at radius 2 is 2.00 bits per heavy atom. The van der Waals surface area contributed by atoms with Gasteiger partial charge in [0.1, 0.15) is 23.2 Å². The summed E-state index contributed by atoms with van der Waals surface area (Å²) in [5.74, 6) is 5.85. The van der Waals surface area contributed by atoms with Crippen LogP contribution < -0.4 is 10.6 Å². The molecule has 1 unspecified atom stereocenters. The number of carbonyl (C=O) groups is 2. The third-order valence-electron chi connectivity index (χ3n) is 4.16. The largest absolute Gasteiger partial charge is 0.465 e. The van der Waals surface area contributed by atoms with E-state index in [1.807, 2.05) is 50.4 Å². The molecule has 8 heteroatoms. The summed E-state index contributed by atoms with van der Waals surface area (Å²) in [5.41, 5.74) is 2.62. The van der Waals surface area contributed by atoms with E-state index in [9.17, 15) is 9.59 Å². The van der Waals surface area contributed by atoms with Crippen LogP contribution in [0.2, 0.25) is 0 Å². The smallest absolute Gasteiger partial charge is 0.405 e. The molecule has 0 fully saturated rings. The highest BCUT2D eigenvalue weighted by atomic mass is 32.1. The van der Waals surface area contributed by atoms with Crippen molar-refractivity contribution in [2.75, 3.05) is 5.32 Å². The van der Waals surface area contributed by atoms with Crippen LogP contribution in [0, 0.1) is 17.3 Å². The minimum Gasteiger partial charge on any atom is -0.465 e. The first kappa shape index (κ1) is 21.3. The van der Waals surface area contributed by atoms with Crippen molar-refractivity contribution in [3.05, 3.63) is 52.6 Å². The molecule has 3 N–H and O–H groups in total. The topological polar surface area (TPSA) is 104 Å². The molecule has 0 spiro atoms. The van der Waals surface area contributed by atoms with E-state index in [2.05, 4.69) is 32.4 Å². The Kier molecular flexibility index (Phi) is 6.33. The second-order valence-corrected chi connectivity index (χ2v) is 8.68. The van der Waals surface area contributed by atoms with Gasteiger partial charge in [-0.05, 0) is 35.1 Å². The number of rotatable bonds is 4. The average molecular weight is 423 g/mol. The zero-order valence-electron chi connectivity index (χ0n) is 16.9. The van der Waals surface area contributed by atoms with Crippen molar-refractivity contribution in [3.63, 3.8) is 0 Å². The van der Waals surface area contributed by atoms with Gasteiger partial charge in [0.15, 0.2) is 0 Å². The lowest BCUT2D eigenvalue weighted by molar-refractivity contribution is -0.118. The molecule has 0 saturated carbocycles. The van der Waals surface area contributed by atoms with Crippen LogP contribution in [-0.2, 0) is 4.79 Å². The minimum atomic E-state index is -1.25. The molecular formula is C22H22N4O3S. The van der Waals surface area contributed by atoms with Crippen molar-refractivity contribution < 1.29 is 14.7 Å². The van der Waals surface area contributed by atoms with Crippen LogP contribution in [0.1, 0.15) is 38.6 Å². The maximum absolute atomic E-state index is 12.8. The van der Waals surface area contributed by atoms with Gasteiger partial charge in [-0.1, -0.05) is 45.0 Å². The van der Waals surface area contributed by atoms with Gasteiger partial charge in [0.2, 0.25) is 5.91 Å². The summed E-state index contributed by atoms with van der Waals surface area (Å²) in [5, 5.41) is 17.7.